The number of aryl methyl sites for hydroxylation is 2. The molecule has 0 bridgehead atoms. The maximum Gasteiger partial charge on any atom is 0.116 e. The van der Waals surface area contributed by atoms with Crippen LogP contribution in [0.4, 0.5) is 0 Å². The Morgan fingerprint density at radius 1 is 0.900 bits per heavy atom. The Hall–Kier alpha value is -2.55. The SMILES string of the molecule is Cc1cc(C)c2cc3nc4ccc(O)cc4c3cc2[nH]1. The monoisotopic (exact) mass is 262 g/mol. The zero-order chi connectivity index (χ0) is 13.9. The number of fused-ring (bicyclic) bond motifs is 4. The summed E-state index contributed by atoms with van der Waals surface area (Å²) in [6.07, 6.45) is 0. The van der Waals surface area contributed by atoms with E-state index in [-0.39, 0.29) is 5.75 Å². The average Bonchev–Trinajstić information content (AvgIpc) is 2.74. The van der Waals surface area contributed by atoms with E-state index < -0.39 is 0 Å². The number of H-pyrrole nitrogens is 1. The van der Waals surface area contributed by atoms with Gasteiger partial charge in [0.1, 0.15) is 5.75 Å². The number of hydrogen-bond acceptors (Lipinski definition) is 2. The number of hydrogen-bond donors (Lipinski definition) is 2. The molecule has 0 aliphatic heterocycles. The first-order chi connectivity index (χ1) is 9.61. The number of aromatic nitrogens is 2. The molecule has 4 aromatic rings. The van der Waals surface area contributed by atoms with E-state index in [9.17, 15) is 5.11 Å². The van der Waals surface area contributed by atoms with Crippen molar-refractivity contribution >= 4 is 32.7 Å². The molecule has 2 aromatic carbocycles. The summed E-state index contributed by atoms with van der Waals surface area (Å²) in [5.74, 6) is 0.274. The second kappa shape index (κ2) is 3.73. The van der Waals surface area contributed by atoms with Gasteiger partial charge in [0.25, 0.3) is 0 Å². The minimum atomic E-state index is 0.274. The molecule has 2 N–H and O–H groups in total. The van der Waals surface area contributed by atoms with Crippen LogP contribution in [0.1, 0.15) is 11.3 Å². The quantitative estimate of drug-likeness (QED) is 0.499. The zero-order valence-corrected chi connectivity index (χ0v) is 11.4. The fourth-order valence-corrected chi connectivity index (χ4v) is 2.94. The van der Waals surface area contributed by atoms with Gasteiger partial charge in [0, 0.05) is 27.4 Å². The van der Waals surface area contributed by atoms with Crippen LogP contribution in [0.3, 0.4) is 0 Å². The summed E-state index contributed by atoms with van der Waals surface area (Å²) in [5, 5.41) is 12.9. The van der Waals surface area contributed by atoms with Crippen molar-refractivity contribution in [2.24, 2.45) is 0 Å². The summed E-state index contributed by atoms with van der Waals surface area (Å²) in [5.41, 5.74) is 5.38. The Kier molecular flexibility index (Phi) is 2.11. The van der Waals surface area contributed by atoms with Crippen molar-refractivity contribution in [3.63, 3.8) is 0 Å². The van der Waals surface area contributed by atoms with Gasteiger partial charge in [0.15, 0.2) is 0 Å². The first-order valence-electron chi connectivity index (χ1n) is 6.64. The highest BCUT2D eigenvalue weighted by Crippen LogP contribution is 2.31. The third-order valence-electron chi connectivity index (χ3n) is 3.84. The molecule has 0 fully saturated rings. The third-order valence-corrected chi connectivity index (χ3v) is 3.84. The van der Waals surface area contributed by atoms with Crippen molar-refractivity contribution in [2.75, 3.05) is 0 Å². The van der Waals surface area contributed by atoms with E-state index in [4.69, 9.17) is 0 Å². The van der Waals surface area contributed by atoms with Crippen LogP contribution < -0.4 is 0 Å². The molecule has 0 radical (unpaired) electrons. The number of pyridine rings is 1. The molecular formula is C17H14N2O. The van der Waals surface area contributed by atoms with Gasteiger partial charge in [0.2, 0.25) is 0 Å². The minimum absolute atomic E-state index is 0.274. The molecule has 2 heterocycles. The molecule has 98 valence electrons. The van der Waals surface area contributed by atoms with E-state index in [0.29, 0.717) is 0 Å². The van der Waals surface area contributed by atoms with Crippen molar-refractivity contribution in [3.05, 3.63) is 47.7 Å². The molecule has 0 aliphatic rings. The van der Waals surface area contributed by atoms with Gasteiger partial charge in [-0.05, 0) is 55.8 Å². The van der Waals surface area contributed by atoms with E-state index in [0.717, 1.165) is 33.0 Å². The standard InChI is InChI=1S/C17H14N2O/c1-9-5-10(2)18-16-8-14-13-6-11(20)3-4-15(13)19-17(14)7-12(9)16/h3-8,18,20H,1-2H3. The Morgan fingerprint density at radius 2 is 1.70 bits per heavy atom. The van der Waals surface area contributed by atoms with Crippen LogP contribution >= 0.6 is 0 Å². The Labute approximate surface area is 115 Å². The molecule has 3 nitrogen and oxygen atoms in total. The van der Waals surface area contributed by atoms with Gasteiger partial charge in [-0.3, -0.25) is 0 Å². The van der Waals surface area contributed by atoms with Gasteiger partial charge in [-0.15, -0.1) is 0 Å². The van der Waals surface area contributed by atoms with Crippen molar-refractivity contribution in [3.8, 4) is 5.75 Å². The number of nitrogens with one attached hydrogen (secondary N) is 1. The second-order valence-electron chi connectivity index (χ2n) is 5.36. The number of benzene rings is 2. The van der Waals surface area contributed by atoms with Crippen molar-refractivity contribution in [1.82, 2.24) is 9.97 Å². The normalized spacial score (nSPS) is 11.7. The summed E-state index contributed by atoms with van der Waals surface area (Å²) in [7, 11) is 0. The summed E-state index contributed by atoms with van der Waals surface area (Å²) >= 11 is 0. The van der Waals surface area contributed by atoms with E-state index in [1.165, 1.54) is 10.9 Å². The van der Waals surface area contributed by atoms with Gasteiger partial charge < -0.3 is 10.1 Å². The third kappa shape index (κ3) is 1.50. The maximum atomic E-state index is 9.67. The topological polar surface area (TPSA) is 48.9 Å². The average molecular weight is 262 g/mol. The van der Waals surface area contributed by atoms with E-state index in [2.05, 4.69) is 42.0 Å². The molecule has 0 atom stereocenters. The highest BCUT2D eigenvalue weighted by atomic mass is 16.3. The number of rotatable bonds is 0. The van der Waals surface area contributed by atoms with Gasteiger partial charge in [-0.1, -0.05) is 0 Å². The van der Waals surface area contributed by atoms with Gasteiger partial charge in [-0.2, -0.15) is 0 Å². The highest BCUT2D eigenvalue weighted by molar-refractivity contribution is 6.12. The molecule has 0 spiro atoms. The second-order valence-corrected chi connectivity index (χ2v) is 5.36. The molecule has 4 rings (SSSR count). The fraction of sp³-hybridized carbons (Fsp3) is 0.118. The summed E-state index contributed by atoms with van der Waals surface area (Å²) in [6, 6.07) is 11.7. The Balaban J connectivity index is 2.22. The van der Waals surface area contributed by atoms with Crippen LogP contribution in [0.5, 0.6) is 5.75 Å². The van der Waals surface area contributed by atoms with Crippen molar-refractivity contribution in [2.45, 2.75) is 13.8 Å². The largest absolute Gasteiger partial charge is 0.508 e. The smallest absolute Gasteiger partial charge is 0.116 e. The van der Waals surface area contributed by atoms with Crippen molar-refractivity contribution in [1.29, 1.82) is 0 Å². The molecule has 3 heteroatoms. The maximum absolute atomic E-state index is 9.67. The number of phenolic OH excluding ortho intramolecular Hbond substituents is 1. The molecular weight excluding hydrogens is 248 g/mol. The fourth-order valence-electron chi connectivity index (χ4n) is 2.94. The van der Waals surface area contributed by atoms with E-state index >= 15 is 0 Å². The van der Waals surface area contributed by atoms with E-state index in [1.54, 1.807) is 12.1 Å². The first kappa shape index (κ1) is 11.3. The van der Waals surface area contributed by atoms with Crippen LogP contribution in [0, 0.1) is 13.8 Å². The van der Waals surface area contributed by atoms with Crippen LogP contribution in [0.25, 0.3) is 32.7 Å². The number of phenols is 1. The van der Waals surface area contributed by atoms with Gasteiger partial charge in [-0.25, -0.2) is 4.98 Å². The zero-order valence-electron chi connectivity index (χ0n) is 11.4. The molecule has 20 heavy (non-hydrogen) atoms. The highest BCUT2D eigenvalue weighted by Gasteiger charge is 2.09. The number of aromatic hydroxyl groups is 1. The lowest BCUT2D eigenvalue weighted by atomic mass is 10.1. The first-order valence-corrected chi connectivity index (χ1v) is 6.64. The van der Waals surface area contributed by atoms with E-state index in [1.807, 2.05) is 6.07 Å². The molecule has 0 saturated carbocycles. The van der Waals surface area contributed by atoms with Gasteiger partial charge in [0.05, 0.1) is 11.0 Å². The minimum Gasteiger partial charge on any atom is -0.508 e. The number of nitrogens with zero attached hydrogens (tertiary/aromatic N) is 1. The molecule has 0 saturated heterocycles. The molecule has 0 aliphatic carbocycles. The Bertz CT molecular complexity index is 983. The van der Waals surface area contributed by atoms with Gasteiger partial charge >= 0.3 is 0 Å². The predicted molar refractivity (Wildman–Crippen MR) is 82.2 cm³/mol. The summed E-state index contributed by atoms with van der Waals surface area (Å²) < 4.78 is 0. The molecule has 2 aromatic heterocycles. The summed E-state index contributed by atoms with van der Waals surface area (Å²) in [6.45, 7) is 4.17. The number of aromatic amines is 1. The lowest BCUT2D eigenvalue weighted by Gasteiger charge is -2.05. The lowest BCUT2D eigenvalue weighted by Crippen LogP contribution is -1.87. The summed E-state index contributed by atoms with van der Waals surface area (Å²) in [4.78, 5) is 8.05. The van der Waals surface area contributed by atoms with Crippen LogP contribution in [-0.4, -0.2) is 15.1 Å². The van der Waals surface area contributed by atoms with Crippen molar-refractivity contribution < 1.29 is 5.11 Å². The van der Waals surface area contributed by atoms with Crippen LogP contribution in [0.15, 0.2) is 36.4 Å². The lowest BCUT2D eigenvalue weighted by molar-refractivity contribution is 0.476. The van der Waals surface area contributed by atoms with Crippen LogP contribution in [-0.2, 0) is 0 Å². The van der Waals surface area contributed by atoms with Crippen LogP contribution in [0.2, 0.25) is 0 Å². The predicted octanol–water partition coefficient (Wildman–Crippen LogP) is 4.19. The Morgan fingerprint density at radius 3 is 2.55 bits per heavy atom. The molecule has 0 unspecified atom stereocenters. The molecule has 0 amide bonds.